The molecule has 4 aromatic rings. The maximum atomic E-state index is 13.2. The molecule has 0 aliphatic heterocycles. The van der Waals surface area contributed by atoms with Gasteiger partial charge in [-0.05, 0) is 48.9 Å². The van der Waals surface area contributed by atoms with Gasteiger partial charge in [-0.25, -0.2) is 4.98 Å². The van der Waals surface area contributed by atoms with Crippen LogP contribution in [0.4, 0.5) is 10.8 Å². The number of non-ortho nitro benzene ring substituents is 1. The number of carbonyl (C=O) groups is 1. The fraction of sp³-hybridized carbons (Fsp3) is 0.125. The Kier molecular flexibility index (Phi) is 6.70. The Labute approximate surface area is 193 Å². The van der Waals surface area contributed by atoms with E-state index in [1.54, 1.807) is 29.3 Å². The summed E-state index contributed by atoms with van der Waals surface area (Å²) in [6, 6.07) is 17.2. The first-order valence-electron chi connectivity index (χ1n) is 10.2. The van der Waals surface area contributed by atoms with Crippen molar-refractivity contribution in [2.75, 3.05) is 11.5 Å². The molecule has 166 valence electrons. The monoisotopic (exact) mass is 460 g/mol. The largest absolute Gasteiger partial charge is 0.494 e. The number of rotatable bonds is 8. The summed E-state index contributed by atoms with van der Waals surface area (Å²) in [6.07, 6.45) is 4.62. The lowest BCUT2D eigenvalue weighted by atomic mass is 10.2. The van der Waals surface area contributed by atoms with Crippen molar-refractivity contribution in [3.63, 3.8) is 0 Å². The van der Waals surface area contributed by atoms with E-state index in [9.17, 15) is 14.9 Å². The van der Waals surface area contributed by atoms with Crippen LogP contribution in [0.1, 0.15) is 18.2 Å². The van der Waals surface area contributed by atoms with Crippen molar-refractivity contribution in [2.24, 2.45) is 0 Å². The summed E-state index contributed by atoms with van der Waals surface area (Å²) < 4.78 is 6.47. The van der Waals surface area contributed by atoms with Crippen LogP contribution in [0, 0.1) is 10.1 Å². The molecular weight excluding hydrogens is 440 g/mol. The van der Waals surface area contributed by atoms with E-state index in [4.69, 9.17) is 4.74 Å². The van der Waals surface area contributed by atoms with E-state index in [1.807, 2.05) is 43.3 Å². The average Bonchev–Trinajstić information content (AvgIpc) is 3.25. The van der Waals surface area contributed by atoms with Gasteiger partial charge in [0.1, 0.15) is 5.75 Å². The first-order chi connectivity index (χ1) is 16.0. The van der Waals surface area contributed by atoms with Crippen LogP contribution >= 0.6 is 11.3 Å². The summed E-state index contributed by atoms with van der Waals surface area (Å²) in [5, 5.41) is 11.5. The van der Waals surface area contributed by atoms with E-state index in [0.717, 1.165) is 16.0 Å². The molecule has 0 saturated carbocycles. The summed E-state index contributed by atoms with van der Waals surface area (Å²) in [4.78, 5) is 34.3. The molecule has 0 aliphatic rings. The molecule has 2 aromatic heterocycles. The standard InChI is InChI=1S/C24H20N4O4S/c1-2-32-20-10-11-21-22(15-20)33-24(26-21)27(16-18-7-3-4-13-25-18)23(29)12-9-17-6-5-8-19(14-17)28(30)31/h3-15H,2,16H2,1H3. The molecule has 9 heteroatoms. The molecule has 1 amide bonds. The number of hydrogen-bond donors (Lipinski definition) is 0. The van der Waals surface area contributed by atoms with Gasteiger partial charge in [0.25, 0.3) is 11.6 Å². The molecule has 4 rings (SSSR count). The van der Waals surface area contributed by atoms with Crippen LogP contribution in [0.15, 0.2) is 72.9 Å². The van der Waals surface area contributed by atoms with Crippen molar-refractivity contribution in [3.8, 4) is 5.75 Å². The summed E-state index contributed by atoms with van der Waals surface area (Å²) in [5.41, 5.74) is 2.00. The van der Waals surface area contributed by atoms with Crippen LogP contribution < -0.4 is 9.64 Å². The Morgan fingerprint density at radius 3 is 2.82 bits per heavy atom. The Bertz CT molecular complexity index is 1320. The number of amides is 1. The van der Waals surface area contributed by atoms with Crippen LogP contribution in [0.5, 0.6) is 5.75 Å². The molecule has 2 aromatic carbocycles. The van der Waals surface area contributed by atoms with Crippen molar-refractivity contribution < 1.29 is 14.5 Å². The third-order valence-corrected chi connectivity index (χ3v) is 5.74. The minimum absolute atomic E-state index is 0.0359. The van der Waals surface area contributed by atoms with Gasteiger partial charge in [0.05, 0.1) is 34.0 Å². The third kappa shape index (κ3) is 5.39. The second-order valence-electron chi connectivity index (χ2n) is 6.99. The lowest BCUT2D eigenvalue weighted by Crippen LogP contribution is -2.29. The smallest absolute Gasteiger partial charge is 0.270 e. The Morgan fingerprint density at radius 1 is 1.18 bits per heavy atom. The molecule has 0 aliphatic carbocycles. The number of nitrogens with zero attached hydrogens (tertiary/aromatic N) is 4. The summed E-state index contributed by atoms with van der Waals surface area (Å²) in [6.45, 7) is 2.71. The van der Waals surface area contributed by atoms with E-state index in [2.05, 4.69) is 9.97 Å². The number of nitro groups is 1. The van der Waals surface area contributed by atoms with Gasteiger partial charge in [-0.3, -0.25) is 24.8 Å². The zero-order valence-electron chi connectivity index (χ0n) is 17.7. The number of hydrogen-bond acceptors (Lipinski definition) is 7. The molecule has 8 nitrogen and oxygen atoms in total. The van der Waals surface area contributed by atoms with Gasteiger partial charge in [-0.15, -0.1) is 0 Å². The molecule has 0 atom stereocenters. The lowest BCUT2D eigenvalue weighted by molar-refractivity contribution is -0.384. The molecule has 0 fully saturated rings. The lowest BCUT2D eigenvalue weighted by Gasteiger charge is -2.17. The average molecular weight is 461 g/mol. The number of ether oxygens (including phenoxy) is 1. The van der Waals surface area contributed by atoms with Gasteiger partial charge < -0.3 is 4.74 Å². The molecular formula is C24H20N4O4S. The maximum absolute atomic E-state index is 13.2. The summed E-state index contributed by atoms with van der Waals surface area (Å²) in [5.74, 6) is 0.435. The van der Waals surface area contributed by atoms with Gasteiger partial charge >= 0.3 is 0 Å². The Balaban J connectivity index is 1.66. The topological polar surface area (TPSA) is 98.5 Å². The number of anilines is 1. The Morgan fingerprint density at radius 2 is 2.06 bits per heavy atom. The zero-order chi connectivity index (χ0) is 23.2. The summed E-state index contributed by atoms with van der Waals surface area (Å²) in [7, 11) is 0. The number of fused-ring (bicyclic) bond motifs is 1. The highest BCUT2D eigenvalue weighted by atomic mass is 32.1. The predicted molar refractivity (Wildman–Crippen MR) is 128 cm³/mol. The SMILES string of the molecule is CCOc1ccc2nc(N(Cc3ccccn3)C(=O)C=Cc3cccc([N+](=O)[O-])c3)sc2c1. The predicted octanol–water partition coefficient (Wildman–Crippen LogP) is 5.24. The molecule has 0 spiro atoms. The number of benzene rings is 2. The fourth-order valence-electron chi connectivity index (χ4n) is 3.16. The summed E-state index contributed by atoms with van der Waals surface area (Å²) >= 11 is 1.38. The van der Waals surface area contributed by atoms with Crippen LogP contribution in [0.25, 0.3) is 16.3 Å². The van der Waals surface area contributed by atoms with E-state index < -0.39 is 4.92 Å². The van der Waals surface area contributed by atoms with E-state index in [0.29, 0.717) is 23.0 Å². The first-order valence-corrected chi connectivity index (χ1v) is 11.0. The number of thiazole rings is 1. The minimum Gasteiger partial charge on any atom is -0.494 e. The van der Waals surface area contributed by atoms with Gasteiger partial charge in [0.15, 0.2) is 5.13 Å². The maximum Gasteiger partial charge on any atom is 0.270 e. The fourth-order valence-corrected chi connectivity index (χ4v) is 4.16. The zero-order valence-corrected chi connectivity index (χ0v) is 18.6. The quantitative estimate of drug-likeness (QED) is 0.202. The van der Waals surface area contributed by atoms with Crippen LogP contribution in [-0.2, 0) is 11.3 Å². The second-order valence-corrected chi connectivity index (χ2v) is 8.00. The van der Waals surface area contributed by atoms with Gasteiger partial charge in [-0.2, -0.15) is 0 Å². The number of pyridine rings is 1. The van der Waals surface area contributed by atoms with Crippen molar-refractivity contribution in [1.82, 2.24) is 9.97 Å². The second kappa shape index (κ2) is 10.0. The van der Waals surface area contributed by atoms with Crippen molar-refractivity contribution >= 4 is 44.4 Å². The highest BCUT2D eigenvalue weighted by Gasteiger charge is 2.19. The van der Waals surface area contributed by atoms with Crippen LogP contribution in [0.3, 0.4) is 0 Å². The molecule has 0 unspecified atom stereocenters. The van der Waals surface area contributed by atoms with Crippen molar-refractivity contribution in [3.05, 3.63) is 94.3 Å². The van der Waals surface area contributed by atoms with Crippen LogP contribution in [0.2, 0.25) is 0 Å². The molecule has 33 heavy (non-hydrogen) atoms. The van der Waals surface area contributed by atoms with E-state index in [-0.39, 0.29) is 18.1 Å². The molecule has 0 N–H and O–H groups in total. The van der Waals surface area contributed by atoms with Gasteiger partial charge in [0, 0.05) is 24.4 Å². The van der Waals surface area contributed by atoms with Crippen molar-refractivity contribution in [1.29, 1.82) is 0 Å². The molecule has 0 bridgehead atoms. The number of aromatic nitrogens is 2. The van der Waals surface area contributed by atoms with E-state index >= 15 is 0 Å². The molecule has 0 saturated heterocycles. The first kappa shape index (κ1) is 22.1. The van der Waals surface area contributed by atoms with Gasteiger partial charge in [0.2, 0.25) is 0 Å². The van der Waals surface area contributed by atoms with E-state index in [1.165, 1.54) is 29.5 Å². The third-order valence-electron chi connectivity index (χ3n) is 4.70. The number of nitro benzene ring substituents is 1. The Hall–Kier alpha value is -4.11. The van der Waals surface area contributed by atoms with Crippen LogP contribution in [-0.4, -0.2) is 27.4 Å². The normalized spacial score (nSPS) is 11.1. The highest BCUT2D eigenvalue weighted by Crippen LogP contribution is 2.32. The highest BCUT2D eigenvalue weighted by molar-refractivity contribution is 7.22. The molecule has 2 heterocycles. The molecule has 0 radical (unpaired) electrons. The number of carbonyl (C=O) groups excluding carboxylic acids is 1. The minimum atomic E-state index is -0.468. The van der Waals surface area contributed by atoms with Crippen molar-refractivity contribution in [2.45, 2.75) is 13.5 Å². The van der Waals surface area contributed by atoms with Gasteiger partial charge in [-0.1, -0.05) is 29.5 Å².